The Hall–Kier alpha value is -1.46. The number of aliphatic hydroxyl groups excluding tert-OH is 1. The molecule has 0 saturated heterocycles. The maximum absolute atomic E-state index is 13.7. The van der Waals surface area contributed by atoms with E-state index in [-0.39, 0.29) is 5.56 Å². The number of rotatable bonds is 3. The van der Waals surface area contributed by atoms with Gasteiger partial charge in [-0.1, -0.05) is 15.9 Å². The highest BCUT2D eigenvalue weighted by Gasteiger charge is 2.14. The summed E-state index contributed by atoms with van der Waals surface area (Å²) in [6.45, 7) is 1.35. The molecule has 1 N–H and O–H groups in total. The smallest absolute Gasteiger partial charge is 0.198 e. The monoisotopic (exact) mass is 328 g/mol. The van der Waals surface area contributed by atoms with Gasteiger partial charge >= 0.3 is 0 Å². The van der Waals surface area contributed by atoms with Gasteiger partial charge in [-0.25, -0.2) is 8.78 Å². The van der Waals surface area contributed by atoms with Crippen molar-refractivity contribution in [3.63, 3.8) is 0 Å². The molecule has 100 valence electrons. The second-order valence-electron chi connectivity index (χ2n) is 4.06. The number of ether oxygens (including phenoxy) is 1. The van der Waals surface area contributed by atoms with Gasteiger partial charge in [0.25, 0.3) is 0 Å². The summed E-state index contributed by atoms with van der Waals surface area (Å²) in [5.41, 5.74) is 0.911. The minimum absolute atomic E-state index is 0.162. The van der Waals surface area contributed by atoms with E-state index < -0.39 is 24.0 Å². The number of aryl methyl sites for hydroxylation is 1. The Morgan fingerprint density at radius 2 is 1.79 bits per heavy atom. The third-order valence-electron chi connectivity index (χ3n) is 2.59. The van der Waals surface area contributed by atoms with E-state index in [1.807, 2.05) is 0 Å². The molecule has 0 radical (unpaired) electrons. The average Bonchev–Trinajstić information content (AvgIpc) is 2.35. The summed E-state index contributed by atoms with van der Waals surface area (Å²) < 4.78 is 33.5. The zero-order valence-corrected chi connectivity index (χ0v) is 11.7. The Kier molecular flexibility index (Phi) is 4.17. The molecule has 19 heavy (non-hydrogen) atoms. The van der Waals surface area contributed by atoms with Gasteiger partial charge in [0.2, 0.25) is 0 Å². The summed E-state index contributed by atoms with van der Waals surface area (Å²) in [6, 6.07) is 7.23. The van der Waals surface area contributed by atoms with E-state index >= 15 is 0 Å². The fourth-order valence-electron chi connectivity index (χ4n) is 1.64. The summed E-state index contributed by atoms with van der Waals surface area (Å²) in [5, 5.41) is 8.86. The third kappa shape index (κ3) is 3.11. The number of benzene rings is 2. The van der Waals surface area contributed by atoms with Gasteiger partial charge in [0.05, 0.1) is 6.61 Å². The van der Waals surface area contributed by atoms with Crippen molar-refractivity contribution in [2.45, 2.75) is 13.5 Å². The van der Waals surface area contributed by atoms with Gasteiger partial charge in [0.1, 0.15) is 5.75 Å². The molecule has 2 aromatic rings. The number of halogens is 3. The Morgan fingerprint density at radius 3 is 2.32 bits per heavy atom. The lowest BCUT2D eigenvalue weighted by molar-refractivity contribution is 0.279. The van der Waals surface area contributed by atoms with E-state index in [1.54, 1.807) is 25.1 Å². The second-order valence-corrected chi connectivity index (χ2v) is 4.97. The van der Waals surface area contributed by atoms with E-state index in [0.29, 0.717) is 5.75 Å². The van der Waals surface area contributed by atoms with E-state index in [0.717, 1.165) is 22.2 Å². The molecule has 0 spiro atoms. The molecule has 0 atom stereocenters. The molecular formula is C14H11BrF2O2. The van der Waals surface area contributed by atoms with Gasteiger partial charge in [0, 0.05) is 4.47 Å². The van der Waals surface area contributed by atoms with Gasteiger partial charge in [0.15, 0.2) is 17.4 Å². The van der Waals surface area contributed by atoms with Crippen LogP contribution in [0.2, 0.25) is 0 Å². The van der Waals surface area contributed by atoms with Crippen molar-refractivity contribution in [1.82, 2.24) is 0 Å². The maximum atomic E-state index is 13.7. The minimum atomic E-state index is -0.841. The fourth-order valence-corrected chi connectivity index (χ4v) is 2.11. The van der Waals surface area contributed by atoms with Gasteiger partial charge < -0.3 is 9.84 Å². The Morgan fingerprint density at radius 1 is 1.16 bits per heavy atom. The topological polar surface area (TPSA) is 29.5 Å². The number of aliphatic hydroxyl groups is 1. The molecule has 0 fully saturated rings. The SMILES string of the molecule is Cc1cc(Br)ccc1Oc1c(F)cc(CO)cc1F. The number of hydrogen-bond acceptors (Lipinski definition) is 2. The van der Waals surface area contributed by atoms with Crippen molar-refractivity contribution in [1.29, 1.82) is 0 Å². The molecule has 0 aliphatic heterocycles. The van der Waals surface area contributed by atoms with Crippen molar-refractivity contribution in [3.05, 3.63) is 57.6 Å². The van der Waals surface area contributed by atoms with Crippen LogP contribution in [-0.4, -0.2) is 5.11 Å². The molecule has 2 aromatic carbocycles. The molecule has 0 aliphatic rings. The Bertz CT molecular complexity index is 591. The summed E-state index contributed by atoms with van der Waals surface area (Å²) in [7, 11) is 0. The highest BCUT2D eigenvalue weighted by atomic mass is 79.9. The fraction of sp³-hybridized carbons (Fsp3) is 0.143. The van der Waals surface area contributed by atoms with Crippen LogP contribution >= 0.6 is 15.9 Å². The first-order valence-corrected chi connectivity index (χ1v) is 6.33. The lowest BCUT2D eigenvalue weighted by atomic mass is 10.2. The summed E-state index contributed by atoms with van der Waals surface area (Å²) in [5.74, 6) is -1.78. The second kappa shape index (κ2) is 5.67. The van der Waals surface area contributed by atoms with Gasteiger partial charge in [-0.15, -0.1) is 0 Å². The van der Waals surface area contributed by atoms with Crippen molar-refractivity contribution in [3.8, 4) is 11.5 Å². The average molecular weight is 329 g/mol. The van der Waals surface area contributed by atoms with E-state index in [9.17, 15) is 8.78 Å². The third-order valence-corrected chi connectivity index (χ3v) is 3.08. The van der Waals surface area contributed by atoms with Crippen LogP contribution in [0.4, 0.5) is 8.78 Å². The summed E-state index contributed by atoms with van der Waals surface area (Å²) in [4.78, 5) is 0. The van der Waals surface area contributed by atoms with E-state index in [2.05, 4.69) is 15.9 Å². The molecule has 0 saturated carbocycles. The van der Waals surface area contributed by atoms with Crippen LogP contribution in [0.5, 0.6) is 11.5 Å². The van der Waals surface area contributed by atoms with Crippen LogP contribution in [-0.2, 0) is 6.61 Å². The lowest BCUT2D eigenvalue weighted by Crippen LogP contribution is -1.97. The molecule has 0 amide bonds. The maximum Gasteiger partial charge on any atom is 0.198 e. The molecule has 2 nitrogen and oxygen atoms in total. The first kappa shape index (κ1) is 14.0. The van der Waals surface area contributed by atoms with Crippen molar-refractivity contribution in [2.24, 2.45) is 0 Å². The normalized spacial score (nSPS) is 10.6. The zero-order chi connectivity index (χ0) is 14.0. The van der Waals surface area contributed by atoms with Crippen LogP contribution < -0.4 is 4.74 Å². The van der Waals surface area contributed by atoms with Gasteiger partial charge in [-0.2, -0.15) is 0 Å². The zero-order valence-electron chi connectivity index (χ0n) is 10.1. The molecule has 5 heteroatoms. The Labute approximate surface area is 117 Å². The lowest BCUT2D eigenvalue weighted by Gasteiger charge is -2.11. The van der Waals surface area contributed by atoms with Crippen molar-refractivity contribution >= 4 is 15.9 Å². The largest absolute Gasteiger partial charge is 0.451 e. The first-order valence-electron chi connectivity index (χ1n) is 5.54. The van der Waals surface area contributed by atoms with Crippen LogP contribution in [0.25, 0.3) is 0 Å². The number of hydrogen-bond donors (Lipinski definition) is 1. The quantitative estimate of drug-likeness (QED) is 0.909. The van der Waals surface area contributed by atoms with Gasteiger partial charge in [-0.3, -0.25) is 0 Å². The molecule has 0 aromatic heterocycles. The molecule has 2 rings (SSSR count). The van der Waals surface area contributed by atoms with Crippen LogP contribution in [0.3, 0.4) is 0 Å². The molecule has 0 bridgehead atoms. The van der Waals surface area contributed by atoms with Crippen LogP contribution in [0, 0.1) is 18.6 Å². The summed E-state index contributed by atoms with van der Waals surface area (Å²) in [6.07, 6.45) is 0. The van der Waals surface area contributed by atoms with Crippen molar-refractivity contribution < 1.29 is 18.6 Å². The standard InChI is InChI=1S/C14H11BrF2O2/c1-8-4-10(15)2-3-13(8)19-14-11(16)5-9(7-18)6-12(14)17/h2-6,18H,7H2,1H3. The first-order chi connectivity index (χ1) is 9.01. The highest BCUT2D eigenvalue weighted by molar-refractivity contribution is 9.10. The summed E-state index contributed by atoms with van der Waals surface area (Å²) >= 11 is 3.30. The molecule has 0 unspecified atom stereocenters. The Balaban J connectivity index is 2.38. The predicted molar refractivity (Wildman–Crippen MR) is 71.2 cm³/mol. The minimum Gasteiger partial charge on any atom is -0.451 e. The molecule has 0 heterocycles. The highest BCUT2D eigenvalue weighted by Crippen LogP contribution is 2.31. The van der Waals surface area contributed by atoms with Crippen LogP contribution in [0.1, 0.15) is 11.1 Å². The van der Waals surface area contributed by atoms with E-state index in [1.165, 1.54) is 0 Å². The molecule has 0 aliphatic carbocycles. The van der Waals surface area contributed by atoms with E-state index in [4.69, 9.17) is 9.84 Å². The molecular weight excluding hydrogens is 318 g/mol. The predicted octanol–water partition coefficient (Wildman–Crippen LogP) is 4.32. The van der Waals surface area contributed by atoms with Gasteiger partial charge in [-0.05, 0) is 48.4 Å². The van der Waals surface area contributed by atoms with Crippen LogP contribution in [0.15, 0.2) is 34.8 Å². The van der Waals surface area contributed by atoms with Crippen molar-refractivity contribution in [2.75, 3.05) is 0 Å².